The molecule has 0 saturated carbocycles. The maximum Gasteiger partial charge on any atom is 0.149 e. The second kappa shape index (κ2) is 6.01. The highest BCUT2D eigenvalue weighted by atomic mass is 79.9. The molecule has 1 aromatic heterocycles. The van der Waals surface area contributed by atoms with E-state index in [-0.39, 0.29) is 4.83 Å². The number of alkyl halides is 1. The lowest BCUT2D eigenvalue weighted by molar-refractivity contribution is -0.107. The van der Waals surface area contributed by atoms with E-state index >= 15 is 0 Å². The largest absolute Gasteiger partial charge is 0.339 e. The molecule has 0 bridgehead atoms. The normalized spacial score (nSPS) is 12.0. The van der Waals surface area contributed by atoms with Gasteiger partial charge in [0, 0.05) is 11.3 Å². The first-order chi connectivity index (χ1) is 10.3. The van der Waals surface area contributed by atoms with Crippen LogP contribution in [0.2, 0.25) is 0 Å². The van der Waals surface area contributed by atoms with E-state index in [2.05, 4.69) is 31.2 Å². The zero-order valence-corrected chi connectivity index (χ0v) is 12.6. The number of aromatic nitrogens is 2. The van der Waals surface area contributed by atoms with E-state index in [1.54, 1.807) is 6.20 Å². The van der Waals surface area contributed by atoms with E-state index in [1.807, 2.05) is 48.5 Å². The number of aldehydes is 1. The maximum absolute atomic E-state index is 11.0. The predicted octanol–water partition coefficient (Wildman–Crippen LogP) is 4.01. The summed E-state index contributed by atoms with van der Waals surface area (Å²) < 4.78 is 0. The third-order valence-electron chi connectivity index (χ3n) is 3.07. The summed E-state index contributed by atoms with van der Waals surface area (Å²) in [5, 5.41) is 3.20. The van der Waals surface area contributed by atoms with Gasteiger partial charge in [-0.15, -0.1) is 0 Å². The van der Waals surface area contributed by atoms with Gasteiger partial charge in [0.1, 0.15) is 12.1 Å². The van der Waals surface area contributed by atoms with Gasteiger partial charge in [0.2, 0.25) is 0 Å². The summed E-state index contributed by atoms with van der Waals surface area (Å²) in [6.45, 7) is 0. The molecule has 0 aliphatic rings. The molecule has 4 nitrogen and oxygen atoms in total. The number of para-hydroxylation sites is 2. The molecular weight excluding hydrogens is 330 g/mol. The first-order valence-electron chi connectivity index (χ1n) is 6.45. The Balaban J connectivity index is 2.04. The average molecular weight is 342 g/mol. The van der Waals surface area contributed by atoms with E-state index in [9.17, 15) is 4.79 Å². The lowest BCUT2D eigenvalue weighted by Gasteiger charge is -2.09. The lowest BCUT2D eigenvalue weighted by Crippen LogP contribution is -1.99. The minimum atomic E-state index is -0.387. The van der Waals surface area contributed by atoms with Crippen LogP contribution >= 0.6 is 15.9 Å². The van der Waals surface area contributed by atoms with Gasteiger partial charge in [-0.3, -0.25) is 4.98 Å². The van der Waals surface area contributed by atoms with E-state index in [0.29, 0.717) is 11.3 Å². The summed E-state index contributed by atoms with van der Waals surface area (Å²) in [5.41, 5.74) is 3.23. The number of nitrogens with zero attached hydrogens (tertiary/aromatic N) is 2. The van der Waals surface area contributed by atoms with Crippen LogP contribution in [0.15, 0.2) is 54.7 Å². The van der Waals surface area contributed by atoms with Crippen molar-refractivity contribution in [2.75, 3.05) is 5.32 Å². The van der Waals surface area contributed by atoms with Crippen molar-refractivity contribution in [3.63, 3.8) is 0 Å². The fourth-order valence-electron chi connectivity index (χ4n) is 2.08. The van der Waals surface area contributed by atoms with Crippen molar-refractivity contribution in [1.82, 2.24) is 9.97 Å². The zero-order chi connectivity index (χ0) is 14.7. The summed E-state index contributed by atoms with van der Waals surface area (Å²) in [6, 6.07) is 15.4. The second-order valence-electron chi connectivity index (χ2n) is 4.50. The molecule has 2 aromatic carbocycles. The van der Waals surface area contributed by atoms with Gasteiger partial charge in [0.15, 0.2) is 0 Å². The van der Waals surface area contributed by atoms with Crippen molar-refractivity contribution in [2.24, 2.45) is 0 Å². The van der Waals surface area contributed by atoms with Gasteiger partial charge < -0.3 is 10.1 Å². The van der Waals surface area contributed by atoms with Gasteiger partial charge in [-0.2, -0.15) is 0 Å². The number of hydrogen-bond donors (Lipinski definition) is 1. The molecule has 1 atom stereocenters. The fourth-order valence-corrected chi connectivity index (χ4v) is 2.45. The van der Waals surface area contributed by atoms with E-state index in [4.69, 9.17) is 0 Å². The third kappa shape index (κ3) is 2.92. The standard InChI is InChI=1S/C16H12BrN3O/c17-13(10-21)12-7-4-8-14-16(12)20-15(9-18-14)19-11-5-2-1-3-6-11/h1-10,13H,(H,19,20). The van der Waals surface area contributed by atoms with E-state index in [0.717, 1.165) is 23.1 Å². The molecule has 21 heavy (non-hydrogen) atoms. The first-order valence-corrected chi connectivity index (χ1v) is 7.36. The van der Waals surface area contributed by atoms with Crippen LogP contribution in [0.3, 0.4) is 0 Å². The Labute approximate surface area is 130 Å². The van der Waals surface area contributed by atoms with Gasteiger partial charge in [0.25, 0.3) is 0 Å². The Bertz CT molecular complexity index is 777. The van der Waals surface area contributed by atoms with Crippen LogP contribution in [0.5, 0.6) is 0 Å². The van der Waals surface area contributed by atoms with Gasteiger partial charge >= 0.3 is 0 Å². The molecular formula is C16H12BrN3O. The molecule has 1 N–H and O–H groups in total. The number of anilines is 2. The number of carbonyl (C=O) groups is 1. The number of nitrogens with one attached hydrogen (secondary N) is 1. The highest BCUT2D eigenvalue weighted by molar-refractivity contribution is 9.09. The van der Waals surface area contributed by atoms with E-state index < -0.39 is 0 Å². The molecule has 1 unspecified atom stereocenters. The van der Waals surface area contributed by atoms with Crippen molar-refractivity contribution in [3.8, 4) is 0 Å². The average Bonchev–Trinajstić information content (AvgIpc) is 2.54. The minimum absolute atomic E-state index is 0.387. The van der Waals surface area contributed by atoms with Crippen molar-refractivity contribution < 1.29 is 4.79 Å². The number of fused-ring (bicyclic) bond motifs is 1. The Kier molecular flexibility index (Phi) is 3.92. The minimum Gasteiger partial charge on any atom is -0.339 e. The molecule has 0 amide bonds. The molecule has 0 radical (unpaired) electrons. The molecule has 0 fully saturated rings. The second-order valence-corrected chi connectivity index (χ2v) is 5.49. The van der Waals surface area contributed by atoms with Crippen molar-refractivity contribution in [3.05, 3.63) is 60.3 Å². The molecule has 3 aromatic rings. The predicted molar refractivity (Wildman–Crippen MR) is 87.0 cm³/mol. The first kappa shape index (κ1) is 13.7. The molecule has 0 aliphatic carbocycles. The van der Waals surface area contributed by atoms with Crippen molar-refractivity contribution >= 4 is 44.8 Å². The number of halogens is 1. The van der Waals surface area contributed by atoms with Crippen LogP contribution in [-0.2, 0) is 4.79 Å². The van der Waals surface area contributed by atoms with Gasteiger partial charge in [-0.05, 0) is 18.2 Å². The molecule has 0 spiro atoms. The van der Waals surface area contributed by atoms with Crippen LogP contribution in [0, 0.1) is 0 Å². The van der Waals surface area contributed by atoms with Crippen molar-refractivity contribution in [2.45, 2.75) is 4.83 Å². The molecule has 104 valence electrons. The number of rotatable bonds is 4. The number of benzene rings is 2. The maximum atomic E-state index is 11.0. The van der Waals surface area contributed by atoms with Gasteiger partial charge in [0.05, 0.1) is 22.1 Å². The van der Waals surface area contributed by atoms with Gasteiger partial charge in [-0.25, -0.2) is 4.98 Å². The Morgan fingerprint density at radius 1 is 1.10 bits per heavy atom. The number of carbonyl (C=O) groups excluding carboxylic acids is 1. The molecule has 1 heterocycles. The summed E-state index contributed by atoms with van der Waals surface area (Å²) in [4.78, 5) is 19.6. The smallest absolute Gasteiger partial charge is 0.149 e. The zero-order valence-electron chi connectivity index (χ0n) is 11.0. The monoisotopic (exact) mass is 341 g/mol. The molecule has 0 aliphatic heterocycles. The van der Waals surface area contributed by atoms with Crippen LogP contribution in [0.4, 0.5) is 11.5 Å². The van der Waals surface area contributed by atoms with Crippen LogP contribution in [-0.4, -0.2) is 16.3 Å². The fraction of sp³-hybridized carbons (Fsp3) is 0.0625. The Morgan fingerprint density at radius 3 is 2.67 bits per heavy atom. The highest BCUT2D eigenvalue weighted by Gasteiger charge is 2.12. The Morgan fingerprint density at radius 2 is 1.90 bits per heavy atom. The molecule has 3 rings (SSSR count). The quantitative estimate of drug-likeness (QED) is 0.575. The topological polar surface area (TPSA) is 54.9 Å². The summed E-state index contributed by atoms with van der Waals surface area (Å²) in [6.07, 6.45) is 2.52. The summed E-state index contributed by atoms with van der Waals surface area (Å²) in [5.74, 6) is 0.645. The van der Waals surface area contributed by atoms with Gasteiger partial charge in [-0.1, -0.05) is 46.3 Å². The SMILES string of the molecule is O=CC(Br)c1cccc2ncc(Nc3ccccc3)nc12. The van der Waals surface area contributed by atoms with Crippen LogP contribution in [0.1, 0.15) is 10.4 Å². The summed E-state index contributed by atoms with van der Waals surface area (Å²) in [7, 11) is 0. The van der Waals surface area contributed by atoms with E-state index in [1.165, 1.54) is 0 Å². The molecule has 0 saturated heterocycles. The summed E-state index contributed by atoms with van der Waals surface area (Å²) >= 11 is 3.34. The van der Waals surface area contributed by atoms with Crippen molar-refractivity contribution in [1.29, 1.82) is 0 Å². The van der Waals surface area contributed by atoms with Crippen LogP contribution < -0.4 is 5.32 Å². The lowest BCUT2D eigenvalue weighted by atomic mass is 10.1. The number of hydrogen-bond acceptors (Lipinski definition) is 4. The highest BCUT2D eigenvalue weighted by Crippen LogP contribution is 2.27. The Hall–Kier alpha value is -2.27. The third-order valence-corrected chi connectivity index (χ3v) is 3.78. The van der Waals surface area contributed by atoms with Crippen LogP contribution in [0.25, 0.3) is 11.0 Å². The molecule has 5 heteroatoms.